The van der Waals surface area contributed by atoms with Crippen molar-refractivity contribution in [3.8, 4) is 0 Å². The van der Waals surface area contributed by atoms with Crippen molar-refractivity contribution >= 4 is 11.9 Å². The molecule has 0 amide bonds. The van der Waals surface area contributed by atoms with E-state index in [0.29, 0.717) is 0 Å². The molecule has 0 unspecified atom stereocenters. The van der Waals surface area contributed by atoms with Crippen LogP contribution < -0.4 is 0 Å². The molecule has 2 rings (SSSR count). The number of carbonyl (C=O) groups is 2. The standard InChI is InChI=1S/C14H17NO4/c1-4-9-5-6-15-10(7-9)12(16)19-11-13(17)18-8-14(11,2)3/h5-7,11H,4,8H2,1-3H3/t11-/m0/s1. The van der Waals surface area contributed by atoms with Gasteiger partial charge in [-0.15, -0.1) is 0 Å². The number of carbonyl (C=O) groups excluding carboxylic acids is 2. The Morgan fingerprint density at radius 1 is 1.58 bits per heavy atom. The van der Waals surface area contributed by atoms with Crippen molar-refractivity contribution < 1.29 is 19.1 Å². The molecule has 0 aliphatic carbocycles. The summed E-state index contributed by atoms with van der Waals surface area (Å²) < 4.78 is 10.2. The monoisotopic (exact) mass is 263 g/mol. The summed E-state index contributed by atoms with van der Waals surface area (Å²) in [6.45, 7) is 5.89. The molecule has 102 valence electrons. The summed E-state index contributed by atoms with van der Waals surface area (Å²) in [5, 5.41) is 0. The first-order valence-corrected chi connectivity index (χ1v) is 6.26. The van der Waals surface area contributed by atoms with Crippen LogP contribution in [0.15, 0.2) is 18.3 Å². The third kappa shape index (κ3) is 2.75. The maximum atomic E-state index is 12.0. The van der Waals surface area contributed by atoms with E-state index in [4.69, 9.17) is 9.47 Å². The first-order chi connectivity index (χ1) is 8.94. The summed E-state index contributed by atoms with van der Waals surface area (Å²) >= 11 is 0. The number of hydrogen-bond acceptors (Lipinski definition) is 5. The summed E-state index contributed by atoms with van der Waals surface area (Å²) in [5.74, 6) is -1.09. The second-order valence-corrected chi connectivity index (χ2v) is 5.28. The van der Waals surface area contributed by atoms with Gasteiger partial charge in [-0.1, -0.05) is 20.8 Å². The summed E-state index contributed by atoms with van der Waals surface area (Å²) in [4.78, 5) is 27.5. The summed E-state index contributed by atoms with van der Waals surface area (Å²) in [7, 11) is 0. The normalized spacial score (nSPS) is 21.0. The van der Waals surface area contributed by atoms with Gasteiger partial charge in [0, 0.05) is 11.6 Å². The minimum atomic E-state index is -0.868. The van der Waals surface area contributed by atoms with E-state index in [1.165, 1.54) is 0 Å². The molecule has 1 aliphatic heterocycles. The number of aromatic nitrogens is 1. The number of rotatable bonds is 3. The van der Waals surface area contributed by atoms with Gasteiger partial charge in [-0.25, -0.2) is 14.6 Å². The Balaban J connectivity index is 2.14. The quantitative estimate of drug-likeness (QED) is 0.777. The first-order valence-electron chi connectivity index (χ1n) is 6.26. The predicted octanol–water partition coefficient (Wildman–Crippen LogP) is 1.75. The van der Waals surface area contributed by atoms with E-state index in [0.717, 1.165) is 12.0 Å². The van der Waals surface area contributed by atoms with E-state index < -0.39 is 23.5 Å². The van der Waals surface area contributed by atoms with Crippen LogP contribution in [-0.2, 0) is 20.7 Å². The molecule has 5 heteroatoms. The highest BCUT2D eigenvalue weighted by Gasteiger charge is 2.46. The Morgan fingerprint density at radius 3 is 2.89 bits per heavy atom. The van der Waals surface area contributed by atoms with Crippen LogP contribution in [0.2, 0.25) is 0 Å². The van der Waals surface area contributed by atoms with Crippen LogP contribution in [0.3, 0.4) is 0 Å². The minimum Gasteiger partial charge on any atom is -0.462 e. The number of nitrogens with zero attached hydrogens (tertiary/aromatic N) is 1. The fourth-order valence-corrected chi connectivity index (χ4v) is 1.91. The van der Waals surface area contributed by atoms with Gasteiger partial charge in [-0.05, 0) is 24.1 Å². The Kier molecular flexibility index (Phi) is 3.55. The molecule has 1 atom stereocenters. The predicted molar refractivity (Wildman–Crippen MR) is 67.6 cm³/mol. The lowest BCUT2D eigenvalue weighted by molar-refractivity contribution is -0.145. The Hall–Kier alpha value is -1.91. The van der Waals surface area contributed by atoms with Crippen LogP contribution >= 0.6 is 0 Å². The fourth-order valence-electron chi connectivity index (χ4n) is 1.91. The molecule has 1 saturated heterocycles. The van der Waals surface area contributed by atoms with Crippen LogP contribution in [0.1, 0.15) is 36.8 Å². The van der Waals surface area contributed by atoms with E-state index in [1.54, 1.807) is 12.3 Å². The average Bonchev–Trinajstić information content (AvgIpc) is 2.65. The first kappa shape index (κ1) is 13.5. The van der Waals surface area contributed by atoms with Gasteiger partial charge in [0.05, 0.1) is 0 Å². The molecule has 19 heavy (non-hydrogen) atoms. The van der Waals surface area contributed by atoms with Crippen molar-refractivity contribution in [2.24, 2.45) is 5.41 Å². The Labute approximate surface area is 111 Å². The highest BCUT2D eigenvalue weighted by molar-refractivity contribution is 5.90. The molecule has 0 N–H and O–H groups in total. The van der Waals surface area contributed by atoms with E-state index in [9.17, 15) is 9.59 Å². The van der Waals surface area contributed by atoms with Crippen LogP contribution in [0.5, 0.6) is 0 Å². The Bertz CT molecular complexity index is 510. The minimum absolute atomic E-state index is 0.217. The van der Waals surface area contributed by atoms with Crippen LogP contribution in [-0.4, -0.2) is 29.6 Å². The van der Waals surface area contributed by atoms with Crippen LogP contribution in [0, 0.1) is 5.41 Å². The van der Waals surface area contributed by atoms with Gasteiger partial charge >= 0.3 is 11.9 Å². The smallest absolute Gasteiger partial charge is 0.357 e. The van der Waals surface area contributed by atoms with E-state index in [1.807, 2.05) is 26.8 Å². The zero-order valence-corrected chi connectivity index (χ0v) is 11.3. The van der Waals surface area contributed by atoms with Gasteiger partial charge in [0.15, 0.2) is 0 Å². The van der Waals surface area contributed by atoms with Crippen molar-refractivity contribution in [1.82, 2.24) is 4.98 Å². The van der Waals surface area contributed by atoms with Gasteiger partial charge in [-0.2, -0.15) is 0 Å². The van der Waals surface area contributed by atoms with E-state index >= 15 is 0 Å². The van der Waals surface area contributed by atoms with Gasteiger partial charge in [-0.3, -0.25) is 0 Å². The molecule has 1 aromatic rings. The lowest BCUT2D eigenvalue weighted by Crippen LogP contribution is -2.35. The molecule has 0 bridgehead atoms. The second-order valence-electron chi connectivity index (χ2n) is 5.28. The molecule has 1 aliphatic rings. The molecule has 0 saturated carbocycles. The Morgan fingerprint density at radius 2 is 2.32 bits per heavy atom. The molecule has 0 radical (unpaired) electrons. The van der Waals surface area contributed by atoms with E-state index in [2.05, 4.69) is 4.98 Å². The fraction of sp³-hybridized carbons (Fsp3) is 0.500. The summed E-state index contributed by atoms with van der Waals surface area (Å²) in [6, 6.07) is 3.51. The zero-order chi connectivity index (χ0) is 14.0. The molecule has 2 heterocycles. The number of cyclic esters (lactones) is 1. The van der Waals surface area contributed by atoms with Gasteiger partial charge in [0.25, 0.3) is 0 Å². The molecule has 1 fully saturated rings. The van der Waals surface area contributed by atoms with Crippen LogP contribution in [0.25, 0.3) is 0 Å². The molecule has 0 aromatic carbocycles. The molecule has 5 nitrogen and oxygen atoms in total. The zero-order valence-electron chi connectivity index (χ0n) is 11.3. The van der Waals surface area contributed by atoms with Crippen molar-refractivity contribution in [3.05, 3.63) is 29.6 Å². The number of pyridine rings is 1. The topological polar surface area (TPSA) is 65.5 Å². The number of aryl methyl sites for hydroxylation is 1. The number of esters is 2. The third-order valence-corrected chi connectivity index (χ3v) is 3.18. The average molecular weight is 263 g/mol. The maximum Gasteiger partial charge on any atom is 0.357 e. The SMILES string of the molecule is CCc1ccnc(C(=O)O[C@H]2C(=O)OCC2(C)C)c1. The van der Waals surface area contributed by atoms with Gasteiger partial charge in [0.1, 0.15) is 12.3 Å². The summed E-state index contributed by atoms with van der Waals surface area (Å²) in [6.07, 6.45) is 1.50. The van der Waals surface area contributed by atoms with Gasteiger partial charge < -0.3 is 9.47 Å². The second kappa shape index (κ2) is 4.99. The lowest BCUT2D eigenvalue weighted by atomic mass is 9.90. The van der Waals surface area contributed by atoms with Crippen molar-refractivity contribution in [1.29, 1.82) is 0 Å². The van der Waals surface area contributed by atoms with E-state index in [-0.39, 0.29) is 12.3 Å². The molecular weight excluding hydrogens is 246 g/mol. The molecule has 0 spiro atoms. The highest BCUT2D eigenvalue weighted by atomic mass is 16.6. The van der Waals surface area contributed by atoms with Crippen molar-refractivity contribution in [2.75, 3.05) is 6.61 Å². The van der Waals surface area contributed by atoms with Crippen molar-refractivity contribution in [3.63, 3.8) is 0 Å². The number of hydrogen-bond donors (Lipinski definition) is 0. The largest absolute Gasteiger partial charge is 0.462 e. The lowest BCUT2D eigenvalue weighted by Gasteiger charge is -2.21. The van der Waals surface area contributed by atoms with Crippen LogP contribution in [0.4, 0.5) is 0 Å². The third-order valence-electron chi connectivity index (χ3n) is 3.18. The molecule has 1 aromatic heterocycles. The number of ether oxygens (including phenoxy) is 2. The molecular formula is C14H17NO4. The maximum absolute atomic E-state index is 12.0. The highest BCUT2D eigenvalue weighted by Crippen LogP contribution is 2.31. The summed E-state index contributed by atoms with van der Waals surface area (Å²) in [5.41, 5.74) is 0.708. The van der Waals surface area contributed by atoms with Gasteiger partial charge in [0.2, 0.25) is 6.10 Å². The van der Waals surface area contributed by atoms with Crippen molar-refractivity contribution in [2.45, 2.75) is 33.3 Å².